The molecule has 212 valence electrons. The summed E-state index contributed by atoms with van der Waals surface area (Å²) in [6.45, 7) is 11.0. The number of H-pyrrole nitrogens is 1. The van der Waals surface area contributed by atoms with Crippen LogP contribution in [0.3, 0.4) is 0 Å². The molecule has 1 N–H and O–H groups in total. The summed E-state index contributed by atoms with van der Waals surface area (Å²) in [4.78, 5) is 19.6. The van der Waals surface area contributed by atoms with Crippen LogP contribution >= 0.6 is 0 Å². The maximum Gasteiger partial charge on any atom is 0.410 e. The molecule has 1 saturated heterocycles. The molecule has 1 aliphatic heterocycles. The second-order valence-electron chi connectivity index (χ2n) is 11.3. The fraction of sp³-hybridized carbons (Fsp3) is 0.516. The third-order valence-electron chi connectivity index (χ3n) is 7.53. The molecule has 3 aromatic rings. The van der Waals surface area contributed by atoms with Crippen molar-refractivity contribution in [1.29, 1.82) is 0 Å². The Balaban J connectivity index is 1.48. The normalized spacial score (nSPS) is 15.0. The van der Waals surface area contributed by atoms with E-state index in [1.54, 1.807) is 32.2 Å². The van der Waals surface area contributed by atoms with Crippen LogP contribution in [0.5, 0.6) is 11.5 Å². The molecule has 7 nitrogen and oxygen atoms in total. The van der Waals surface area contributed by atoms with Gasteiger partial charge in [-0.05, 0) is 100 Å². The van der Waals surface area contributed by atoms with Crippen molar-refractivity contribution in [2.75, 3.05) is 47.4 Å². The number of amides is 1. The van der Waals surface area contributed by atoms with Gasteiger partial charge in [-0.2, -0.15) is 0 Å². The van der Waals surface area contributed by atoms with Crippen molar-refractivity contribution >= 4 is 17.0 Å². The number of carbonyl (C=O) groups excluding carboxylic acids is 1. The molecule has 0 bridgehead atoms. The van der Waals surface area contributed by atoms with Crippen molar-refractivity contribution in [3.63, 3.8) is 0 Å². The Labute approximate surface area is 231 Å². The Morgan fingerprint density at radius 2 is 1.79 bits per heavy atom. The molecule has 0 radical (unpaired) electrons. The van der Waals surface area contributed by atoms with E-state index in [0.717, 1.165) is 66.7 Å². The van der Waals surface area contributed by atoms with Crippen LogP contribution in [0.25, 0.3) is 22.2 Å². The first kappa shape index (κ1) is 28.7. The second kappa shape index (κ2) is 11.9. The van der Waals surface area contributed by atoms with Crippen molar-refractivity contribution < 1.29 is 23.4 Å². The Bertz CT molecular complexity index is 1310. The molecule has 39 heavy (non-hydrogen) atoms. The van der Waals surface area contributed by atoms with Crippen LogP contribution in [0.2, 0.25) is 0 Å². The van der Waals surface area contributed by atoms with Crippen molar-refractivity contribution in [1.82, 2.24) is 14.8 Å². The molecule has 0 unspecified atom stereocenters. The summed E-state index contributed by atoms with van der Waals surface area (Å²) in [7, 11) is 5.00. The van der Waals surface area contributed by atoms with Crippen molar-refractivity contribution in [3.05, 3.63) is 47.3 Å². The summed E-state index contributed by atoms with van der Waals surface area (Å²) < 4.78 is 31.8. The summed E-state index contributed by atoms with van der Waals surface area (Å²) >= 11 is 0. The van der Waals surface area contributed by atoms with Gasteiger partial charge in [0.15, 0.2) is 11.5 Å². The van der Waals surface area contributed by atoms with Gasteiger partial charge >= 0.3 is 6.09 Å². The van der Waals surface area contributed by atoms with Crippen LogP contribution in [-0.4, -0.2) is 73.9 Å². The summed E-state index contributed by atoms with van der Waals surface area (Å²) in [5.74, 6) is 1.38. The van der Waals surface area contributed by atoms with Gasteiger partial charge < -0.3 is 29.0 Å². The molecule has 1 aliphatic rings. The molecule has 4 rings (SSSR count). The van der Waals surface area contributed by atoms with Crippen LogP contribution < -0.4 is 9.47 Å². The number of fused-ring (bicyclic) bond motifs is 1. The lowest BCUT2D eigenvalue weighted by atomic mass is 9.88. The van der Waals surface area contributed by atoms with Gasteiger partial charge in [-0.25, -0.2) is 9.18 Å². The number of rotatable bonds is 8. The number of piperidine rings is 1. The van der Waals surface area contributed by atoms with E-state index in [1.807, 2.05) is 39.0 Å². The molecule has 0 spiro atoms. The van der Waals surface area contributed by atoms with E-state index in [1.165, 1.54) is 0 Å². The minimum absolute atomic E-state index is 0.217. The van der Waals surface area contributed by atoms with Gasteiger partial charge in [0, 0.05) is 36.8 Å². The highest BCUT2D eigenvalue weighted by Gasteiger charge is 2.25. The van der Waals surface area contributed by atoms with Gasteiger partial charge in [0.2, 0.25) is 0 Å². The molecule has 0 aliphatic carbocycles. The third-order valence-corrected chi connectivity index (χ3v) is 7.53. The summed E-state index contributed by atoms with van der Waals surface area (Å²) in [5.41, 5.74) is 4.04. The lowest BCUT2D eigenvalue weighted by Gasteiger charge is -2.33. The monoisotopic (exact) mass is 539 g/mol. The average Bonchev–Trinajstić information content (AvgIpc) is 3.29. The van der Waals surface area contributed by atoms with E-state index in [2.05, 4.69) is 22.9 Å². The molecule has 1 amide bonds. The number of halogens is 1. The zero-order valence-corrected chi connectivity index (χ0v) is 24.3. The lowest BCUT2D eigenvalue weighted by molar-refractivity contribution is 0.0278. The number of ether oxygens (including phenoxy) is 3. The number of aryl methyl sites for hydroxylation is 1. The molecule has 2 heterocycles. The number of likely N-dealkylation sites (N-methyl/N-ethyl adjacent to an activating group) is 1. The molecule has 2 aromatic carbocycles. The van der Waals surface area contributed by atoms with Crippen LogP contribution in [-0.2, 0) is 11.2 Å². The van der Waals surface area contributed by atoms with Gasteiger partial charge in [0.25, 0.3) is 0 Å². The number of benzene rings is 2. The maximum absolute atomic E-state index is 15.5. The molecule has 8 heteroatoms. The number of aromatic amines is 1. The largest absolute Gasteiger partial charge is 0.493 e. The maximum atomic E-state index is 15.5. The van der Waals surface area contributed by atoms with E-state index in [-0.39, 0.29) is 11.9 Å². The SMILES string of the molecule is CCc1c(-c2ccc(OC)c(OC)c2)[nH]c2c(F)cc(C3CCN(CCN(C)C(=O)OC(C)(C)C)CC3)cc12. The molecule has 0 atom stereocenters. The second-order valence-corrected chi connectivity index (χ2v) is 11.3. The van der Waals surface area contributed by atoms with E-state index >= 15 is 4.39 Å². The van der Waals surface area contributed by atoms with E-state index in [4.69, 9.17) is 14.2 Å². The quantitative estimate of drug-likeness (QED) is 0.349. The Morgan fingerprint density at radius 3 is 2.41 bits per heavy atom. The molecular formula is C31H42FN3O4. The van der Waals surface area contributed by atoms with Crippen molar-refractivity contribution in [3.8, 4) is 22.8 Å². The van der Waals surface area contributed by atoms with Gasteiger partial charge in [0.1, 0.15) is 11.4 Å². The fourth-order valence-corrected chi connectivity index (χ4v) is 5.38. The first-order valence-electron chi connectivity index (χ1n) is 13.8. The highest BCUT2D eigenvalue weighted by molar-refractivity contribution is 5.92. The van der Waals surface area contributed by atoms with E-state index in [0.29, 0.717) is 29.5 Å². The van der Waals surface area contributed by atoms with Crippen molar-refractivity contribution in [2.24, 2.45) is 0 Å². The number of nitrogens with one attached hydrogen (secondary N) is 1. The van der Waals surface area contributed by atoms with Crippen LogP contribution in [0, 0.1) is 5.82 Å². The van der Waals surface area contributed by atoms with Gasteiger partial charge in [-0.15, -0.1) is 0 Å². The molecular weight excluding hydrogens is 497 g/mol. The lowest BCUT2D eigenvalue weighted by Crippen LogP contribution is -2.41. The standard InChI is InChI=1S/C31H42FN3O4/c1-8-23-24-17-22(20-11-13-35(14-12-20)16-15-34(5)30(36)39-31(2,3)4)18-25(32)29(24)33-28(23)21-9-10-26(37-6)27(19-21)38-7/h9-10,17-20,33H,8,11-16H2,1-7H3. The van der Waals surface area contributed by atoms with Crippen LogP contribution in [0.1, 0.15) is 57.6 Å². The Kier molecular flexibility index (Phi) is 8.74. The number of carbonyl (C=O) groups is 1. The fourth-order valence-electron chi connectivity index (χ4n) is 5.38. The first-order chi connectivity index (χ1) is 18.5. The van der Waals surface area contributed by atoms with E-state index in [9.17, 15) is 4.79 Å². The molecule has 1 fully saturated rings. The predicted molar refractivity (Wildman–Crippen MR) is 153 cm³/mol. The minimum atomic E-state index is -0.501. The molecule has 1 aromatic heterocycles. The number of hydrogen-bond acceptors (Lipinski definition) is 5. The summed E-state index contributed by atoms with van der Waals surface area (Å²) in [6, 6.07) is 9.65. The third kappa shape index (κ3) is 6.49. The zero-order chi connectivity index (χ0) is 28.3. The number of likely N-dealkylation sites (tertiary alicyclic amines) is 1. The summed E-state index contributed by atoms with van der Waals surface area (Å²) in [5, 5.41) is 0.943. The first-order valence-corrected chi connectivity index (χ1v) is 13.8. The highest BCUT2D eigenvalue weighted by Crippen LogP contribution is 2.39. The van der Waals surface area contributed by atoms with Crippen LogP contribution in [0.15, 0.2) is 30.3 Å². The minimum Gasteiger partial charge on any atom is -0.493 e. The van der Waals surface area contributed by atoms with Crippen molar-refractivity contribution in [2.45, 2.75) is 58.5 Å². The predicted octanol–water partition coefficient (Wildman–Crippen LogP) is 6.60. The molecule has 0 saturated carbocycles. The Hall–Kier alpha value is -3.26. The van der Waals surface area contributed by atoms with Gasteiger partial charge in [0.05, 0.1) is 19.7 Å². The average molecular weight is 540 g/mol. The smallest absolute Gasteiger partial charge is 0.410 e. The number of nitrogens with zero attached hydrogens (tertiary/aromatic N) is 2. The topological polar surface area (TPSA) is 67.0 Å². The van der Waals surface area contributed by atoms with Gasteiger partial charge in [-0.3, -0.25) is 0 Å². The number of hydrogen-bond donors (Lipinski definition) is 1. The van der Waals surface area contributed by atoms with E-state index < -0.39 is 5.60 Å². The number of aromatic nitrogens is 1. The van der Waals surface area contributed by atoms with Gasteiger partial charge in [-0.1, -0.05) is 6.92 Å². The highest BCUT2D eigenvalue weighted by atomic mass is 19.1. The summed E-state index contributed by atoms with van der Waals surface area (Å²) in [6.07, 6.45) is 2.38. The zero-order valence-electron chi connectivity index (χ0n) is 24.3. The Morgan fingerprint density at radius 1 is 1.10 bits per heavy atom. The van der Waals surface area contributed by atoms with Crippen LogP contribution in [0.4, 0.5) is 9.18 Å². The number of methoxy groups -OCH3 is 2.